The zero-order chi connectivity index (χ0) is 16.8. The molecule has 0 spiro atoms. The Kier molecular flexibility index (Phi) is 5.72. The second kappa shape index (κ2) is 8.18. The summed E-state index contributed by atoms with van der Waals surface area (Å²) in [6.45, 7) is 3.01. The van der Waals surface area contributed by atoms with E-state index in [9.17, 15) is 5.11 Å². The average Bonchev–Trinajstić information content (AvgIpc) is 2.65. The molecule has 0 saturated carbocycles. The third-order valence-corrected chi connectivity index (χ3v) is 4.34. The molecule has 0 saturated heterocycles. The highest BCUT2D eigenvalue weighted by Crippen LogP contribution is 2.31. The topological polar surface area (TPSA) is 50.7 Å². The van der Waals surface area contributed by atoms with Crippen LogP contribution in [0, 0.1) is 0 Å². The van der Waals surface area contributed by atoms with E-state index < -0.39 is 6.10 Å². The zero-order valence-corrected chi connectivity index (χ0v) is 14.0. The molecule has 0 amide bonds. The lowest BCUT2D eigenvalue weighted by atomic mass is 10.1. The number of hydrogen-bond donors (Lipinski definition) is 2. The van der Waals surface area contributed by atoms with Gasteiger partial charge in [-0.05, 0) is 37.5 Å². The molecule has 2 aromatic carbocycles. The Balaban J connectivity index is 1.41. The fourth-order valence-electron chi connectivity index (χ4n) is 2.81. The van der Waals surface area contributed by atoms with Crippen LogP contribution in [-0.2, 0) is 6.42 Å². The minimum atomic E-state index is -0.600. The van der Waals surface area contributed by atoms with Crippen molar-refractivity contribution in [2.45, 2.75) is 38.0 Å². The number of hydrogen-bond acceptors (Lipinski definition) is 4. The van der Waals surface area contributed by atoms with E-state index in [1.807, 2.05) is 30.3 Å². The third-order valence-electron chi connectivity index (χ3n) is 4.34. The number of aryl methyl sites for hydroxylation is 1. The molecule has 0 bridgehead atoms. The van der Waals surface area contributed by atoms with Crippen molar-refractivity contribution in [1.29, 1.82) is 0 Å². The highest BCUT2D eigenvalue weighted by Gasteiger charge is 2.27. The van der Waals surface area contributed by atoms with Crippen LogP contribution < -0.4 is 14.8 Å². The minimum absolute atomic E-state index is 0.330. The third kappa shape index (κ3) is 4.49. The first-order valence-electron chi connectivity index (χ1n) is 8.56. The monoisotopic (exact) mass is 327 g/mol. The normalized spacial score (nSPS) is 18.8. The van der Waals surface area contributed by atoms with E-state index in [-0.39, 0.29) is 6.10 Å². The summed E-state index contributed by atoms with van der Waals surface area (Å²) in [5, 5.41) is 13.8. The Labute approximate surface area is 143 Å². The SMILES string of the molecule is C[C@H](CCc1ccccc1)NC[C@H](O)[C@H]1COc2ccccc2O1. The standard InChI is InChI=1S/C20H25NO3/c1-15(11-12-16-7-3-2-4-8-16)21-13-17(22)20-14-23-18-9-5-6-10-19(18)24-20/h2-10,15,17,20-22H,11-14H2,1H3/t15-,17+,20-/m1/s1. The number of fused-ring (bicyclic) bond motifs is 1. The lowest BCUT2D eigenvalue weighted by Gasteiger charge is -2.30. The smallest absolute Gasteiger partial charge is 0.161 e. The molecule has 0 aliphatic carbocycles. The van der Waals surface area contributed by atoms with Crippen molar-refractivity contribution in [2.24, 2.45) is 0 Å². The molecule has 128 valence electrons. The molecular formula is C20H25NO3. The molecule has 1 aliphatic rings. The van der Waals surface area contributed by atoms with Gasteiger partial charge in [0.2, 0.25) is 0 Å². The molecule has 24 heavy (non-hydrogen) atoms. The molecular weight excluding hydrogens is 302 g/mol. The number of rotatable bonds is 7. The summed E-state index contributed by atoms with van der Waals surface area (Å²) in [6, 6.07) is 18.3. The summed E-state index contributed by atoms with van der Waals surface area (Å²) >= 11 is 0. The molecule has 0 radical (unpaired) electrons. The van der Waals surface area contributed by atoms with E-state index in [4.69, 9.17) is 9.47 Å². The molecule has 3 rings (SSSR count). The van der Waals surface area contributed by atoms with Gasteiger partial charge in [0.25, 0.3) is 0 Å². The van der Waals surface area contributed by atoms with E-state index in [1.165, 1.54) is 5.56 Å². The second-order valence-electron chi connectivity index (χ2n) is 6.31. The lowest BCUT2D eigenvalue weighted by Crippen LogP contribution is -2.46. The summed E-state index contributed by atoms with van der Waals surface area (Å²) in [5.74, 6) is 1.44. The van der Waals surface area contributed by atoms with Gasteiger partial charge in [0.05, 0.1) is 0 Å². The van der Waals surface area contributed by atoms with Crippen LogP contribution in [-0.4, -0.2) is 36.5 Å². The highest BCUT2D eigenvalue weighted by atomic mass is 16.6. The van der Waals surface area contributed by atoms with Crippen LogP contribution in [0.2, 0.25) is 0 Å². The molecule has 1 aliphatic heterocycles. The first-order chi connectivity index (χ1) is 11.7. The number of para-hydroxylation sites is 2. The fraction of sp³-hybridized carbons (Fsp3) is 0.400. The molecule has 2 N–H and O–H groups in total. The second-order valence-corrected chi connectivity index (χ2v) is 6.31. The van der Waals surface area contributed by atoms with Crippen molar-refractivity contribution in [1.82, 2.24) is 5.32 Å². The van der Waals surface area contributed by atoms with E-state index >= 15 is 0 Å². The van der Waals surface area contributed by atoms with Gasteiger partial charge in [0.1, 0.15) is 12.7 Å². The van der Waals surface area contributed by atoms with Crippen molar-refractivity contribution in [2.75, 3.05) is 13.2 Å². The van der Waals surface area contributed by atoms with Gasteiger partial charge in [-0.1, -0.05) is 42.5 Å². The maximum absolute atomic E-state index is 10.4. The summed E-state index contributed by atoms with van der Waals surface area (Å²) in [5.41, 5.74) is 1.34. The average molecular weight is 327 g/mol. The van der Waals surface area contributed by atoms with Crippen LogP contribution >= 0.6 is 0 Å². The van der Waals surface area contributed by atoms with Crippen molar-refractivity contribution in [3.63, 3.8) is 0 Å². The van der Waals surface area contributed by atoms with E-state index in [0.29, 0.717) is 24.9 Å². The Morgan fingerprint density at radius 1 is 1.08 bits per heavy atom. The van der Waals surface area contributed by atoms with Gasteiger partial charge in [-0.15, -0.1) is 0 Å². The molecule has 4 heteroatoms. The molecule has 0 unspecified atom stereocenters. The Hall–Kier alpha value is -2.04. The summed E-state index contributed by atoms with van der Waals surface area (Å²) < 4.78 is 11.5. The van der Waals surface area contributed by atoms with Crippen molar-refractivity contribution < 1.29 is 14.6 Å². The van der Waals surface area contributed by atoms with Crippen LogP contribution in [0.5, 0.6) is 11.5 Å². The van der Waals surface area contributed by atoms with E-state index in [1.54, 1.807) is 0 Å². The maximum atomic E-state index is 10.4. The lowest BCUT2D eigenvalue weighted by molar-refractivity contribution is -0.0100. The Bertz CT molecular complexity index is 632. The molecule has 2 aromatic rings. The van der Waals surface area contributed by atoms with Crippen LogP contribution in [0.3, 0.4) is 0 Å². The van der Waals surface area contributed by atoms with Gasteiger partial charge >= 0.3 is 0 Å². The quantitative estimate of drug-likeness (QED) is 0.821. The zero-order valence-electron chi connectivity index (χ0n) is 14.0. The predicted molar refractivity (Wildman–Crippen MR) is 94.6 cm³/mol. The molecule has 1 heterocycles. The van der Waals surface area contributed by atoms with Crippen molar-refractivity contribution >= 4 is 0 Å². The number of aliphatic hydroxyl groups excluding tert-OH is 1. The Morgan fingerprint density at radius 2 is 1.79 bits per heavy atom. The van der Waals surface area contributed by atoms with Crippen LogP contribution in [0.25, 0.3) is 0 Å². The van der Waals surface area contributed by atoms with Crippen LogP contribution in [0.15, 0.2) is 54.6 Å². The molecule has 0 fully saturated rings. The van der Waals surface area contributed by atoms with Crippen LogP contribution in [0.1, 0.15) is 18.9 Å². The first-order valence-corrected chi connectivity index (χ1v) is 8.56. The van der Waals surface area contributed by atoms with Gasteiger partial charge in [-0.3, -0.25) is 0 Å². The molecule has 3 atom stereocenters. The summed E-state index contributed by atoms with van der Waals surface area (Å²) in [7, 11) is 0. The maximum Gasteiger partial charge on any atom is 0.161 e. The first kappa shape index (κ1) is 16.8. The number of ether oxygens (including phenoxy) is 2. The van der Waals surface area contributed by atoms with Gasteiger partial charge in [-0.2, -0.15) is 0 Å². The number of aliphatic hydroxyl groups is 1. The summed E-state index contributed by atoms with van der Waals surface area (Å²) in [4.78, 5) is 0. The van der Waals surface area contributed by atoms with E-state index in [2.05, 4.69) is 36.5 Å². The van der Waals surface area contributed by atoms with Gasteiger partial charge in [0.15, 0.2) is 17.6 Å². The van der Waals surface area contributed by atoms with Crippen LogP contribution in [0.4, 0.5) is 0 Å². The van der Waals surface area contributed by atoms with Crippen molar-refractivity contribution in [3.05, 3.63) is 60.2 Å². The fourth-order valence-corrected chi connectivity index (χ4v) is 2.81. The van der Waals surface area contributed by atoms with Gasteiger partial charge in [-0.25, -0.2) is 0 Å². The van der Waals surface area contributed by atoms with Gasteiger partial charge in [0, 0.05) is 12.6 Å². The minimum Gasteiger partial charge on any atom is -0.486 e. The van der Waals surface area contributed by atoms with Crippen molar-refractivity contribution in [3.8, 4) is 11.5 Å². The Morgan fingerprint density at radius 3 is 2.58 bits per heavy atom. The molecule has 0 aromatic heterocycles. The number of nitrogens with one attached hydrogen (secondary N) is 1. The summed E-state index contributed by atoms with van der Waals surface area (Å²) in [6.07, 6.45) is 1.12. The largest absolute Gasteiger partial charge is 0.486 e. The van der Waals surface area contributed by atoms with Gasteiger partial charge < -0.3 is 19.9 Å². The van der Waals surface area contributed by atoms with E-state index in [0.717, 1.165) is 18.6 Å². The predicted octanol–water partition coefficient (Wildman–Crippen LogP) is 2.80. The number of benzene rings is 2. The highest BCUT2D eigenvalue weighted by molar-refractivity contribution is 5.40. The molecule has 4 nitrogen and oxygen atoms in total.